The van der Waals surface area contributed by atoms with E-state index in [4.69, 9.17) is 26.2 Å². The van der Waals surface area contributed by atoms with Crippen molar-refractivity contribution in [2.24, 2.45) is 0 Å². The summed E-state index contributed by atoms with van der Waals surface area (Å²) in [4.78, 5) is 22.7. The third-order valence-corrected chi connectivity index (χ3v) is 2.97. The SMILES string of the molecule is COCCC(NC(=O)COc1ccc(Cl)cc1C)C(=O)O. The molecule has 1 rings (SSSR count). The fraction of sp³-hybridized carbons (Fsp3) is 0.429. The number of nitrogens with one attached hydrogen (secondary N) is 1. The molecule has 0 aliphatic heterocycles. The molecule has 0 saturated heterocycles. The number of hydrogen-bond acceptors (Lipinski definition) is 4. The van der Waals surface area contributed by atoms with Crippen molar-refractivity contribution in [1.82, 2.24) is 5.32 Å². The summed E-state index contributed by atoms with van der Waals surface area (Å²) < 4.78 is 10.1. The Hall–Kier alpha value is -1.79. The zero-order valence-corrected chi connectivity index (χ0v) is 12.6. The first kappa shape index (κ1) is 17.3. The van der Waals surface area contributed by atoms with Crippen LogP contribution in [0, 0.1) is 6.92 Å². The van der Waals surface area contributed by atoms with E-state index < -0.39 is 17.9 Å². The van der Waals surface area contributed by atoms with E-state index in [-0.39, 0.29) is 19.6 Å². The zero-order valence-electron chi connectivity index (χ0n) is 11.9. The van der Waals surface area contributed by atoms with Gasteiger partial charge in [0, 0.05) is 25.2 Å². The molecule has 0 spiro atoms. The minimum absolute atomic E-state index is 0.192. The van der Waals surface area contributed by atoms with Crippen LogP contribution < -0.4 is 10.1 Å². The lowest BCUT2D eigenvalue weighted by Gasteiger charge is -2.15. The molecule has 6 nitrogen and oxygen atoms in total. The smallest absolute Gasteiger partial charge is 0.326 e. The molecule has 116 valence electrons. The van der Waals surface area contributed by atoms with Gasteiger partial charge in [0.15, 0.2) is 6.61 Å². The molecule has 0 saturated carbocycles. The van der Waals surface area contributed by atoms with Crippen molar-refractivity contribution in [2.45, 2.75) is 19.4 Å². The lowest BCUT2D eigenvalue weighted by Crippen LogP contribution is -2.43. The third-order valence-electron chi connectivity index (χ3n) is 2.74. The van der Waals surface area contributed by atoms with Crippen LogP contribution in [0.4, 0.5) is 0 Å². The predicted molar refractivity (Wildman–Crippen MR) is 77.7 cm³/mol. The number of carbonyl (C=O) groups excluding carboxylic acids is 1. The van der Waals surface area contributed by atoms with E-state index in [1.165, 1.54) is 7.11 Å². The van der Waals surface area contributed by atoms with Gasteiger partial charge in [-0.25, -0.2) is 4.79 Å². The molecule has 1 unspecified atom stereocenters. The number of carbonyl (C=O) groups is 2. The van der Waals surface area contributed by atoms with Gasteiger partial charge in [0.05, 0.1) is 0 Å². The van der Waals surface area contributed by atoms with Gasteiger partial charge in [-0.05, 0) is 30.7 Å². The standard InChI is InChI=1S/C14H18ClNO5/c1-9-7-10(15)3-4-12(9)21-8-13(17)16-11(14(18)19)5-6-20-2/h3-4,7,11H,5-6,8H2,1-2H3,(H,16,17)(H,18,19). The van der Waals surface area contributed by atoms with Gasteiger partial charge >= 0.3 is 5.97 Å². The van der Waals surface area contributed by atoms with Crippen molar-refractivity contribution in [3.8, 4) is 5.75 Å². The molecule has 1 aromatic rings. The van der Waals surface area contributed by atoms with Gasteiger partial charge in [0.25, 0.3) is 5.91 Å². The van der Waals surface area contributed by atoms with Crippen molar-refractivity contribution in [3.63, 3.8) is 0 Å². The van der Waals surface area contributed by atoms with Crippen LogP contribution in [0.2, 0.25) is 5.02 Å². The second-order valence-electron chi connectivity index (χ2n) is 4.44. The minimum Gasteiger partial charge on any atom is -0.484 e. The monoisotopic (exact) mass is 315 g/mol. The second-order valence-corrected chi connectivity index (χ2v) is 4.87. The number of carboxylic acids is 1. The average molecular weight is 316 g/mol. The normalized spacial score (nSPS) is 11.8. The highest BCUT2D eigenvalue weighted by atomic mass is 35.5. The number of aryl methyl sites for hydroxylation is 1. The number of aliphatic carboxylic acids is 1. The Morgan fingerprint density at radius 2 is 2.14 bits per heavy atom. The molecule has 1 atom stereocenters. The number of carboxylic acid groups (broad SMARTS) is 1. The number of amides is 1. The van der Waals surface area contributed by atoms with E-state index in [1.807, 2.05) is 0 Å². The predicted octanol–water partition coefficient (Wildman–Crippen LogP) is 1.63. The lowest BCUT2D eigenvalue weighted by molar-refractivity contribution is -0.142. The van der Waals surface area contributed by atoms with E-state index in [9.17, 15) is 9.59 Å². The Labute approximate surface area is 128 Å². The summed E-state index contributed by atoms with van der Waals surface area (Å²) in [5.74, 6) is -1.09. The van der Waals surface area contributed by atoms with Crippen LogP contribution in [0.25, 0.3) is 0 Å². The van der Waals surface area contributed by atoms with Crippen LogP contribution >= 0.6 is 11.6 Å². The first-order valence-electron chi connectivity index (χ1n) is 6.34. The van der Waals surface area contributed by atoms with Crippen molar-refractivity contribution in [1.29, 1.82) is 0 Å². The largest absolute Gasteiger partial charge is 0.484 e. The molecule has 2 N–H and O–H groups in total. The number of rotatable bonds is 8. The van der Waals surface area contributed by atoms with Crippen LogP contribution in [0.3, 0.4) is 0 Å². The lowest BCUT2D eigenvalue weighted by atomic mass is 10.2. The second kappa shape index (κ2) is 8.49. The van der Waals surface area contributed by atoms with Gasteiger partial charge < -0.3 is 19.9 Å². The van der Waals surface area contributed by atoms with Crippen molar-refractivity contribution in [3.05, 3.63) is 28.8 Å². The molecule has 0 heterocycles. The van der Waals surface area contributed by atoms with Crippen molar-refractivity contribution < 1.29 is 24.2 Å². The van der Waals surface area contributed by atoms with E-state index in [0.717, 1.165) is 5.56 Å². The number of benzene rings is 1. The molecule has 1 amide bonds. The molecule has 0 aliphatic carbocycles. The highest BCUT2D eigenvalue weighted by Crippen LogP contribution is 2.21. The van der Waals surface area contributed by atoms with Crippen molar-refractivity contribution >= 4 is 23.5 Å². The van der Waals surface area contributed by atoms with Crippen LogP contribution in [0.1, 0.15) is 12.0 Å². The summed E-state index contributed by atoms with van der Waals surface area (Å²) in [7, 11) is 1.47. The Morgan fingerprint density at radius 3 is 2.71 bits per heavy atom. The Kier molecular flexibility index (Phi) is 6.98. The topological polar surface area (TPSA) is 84.9 Å². The zero-order chi connectivity index (χ0) is 15.8. The van der Waals surface area contributed by atoms with E-state index >= 15 is 0 Å². The summed E-state index contributed by atoms with van der Waals surface area (Å²) >= 11 is 5.82. The Balaban J connectivity index is 2.50. The maximum Gasteiger partial charge on any atom is 0.326 e. The Morgan fingerprint density at radius 1 is 1.43 bits per heavy atom. The highest BCUT2D eigenvalue weighted by molar-refractivity contribution is 6.30. The summed E-state index contributed by atoms with van der Waals surface area (Å²) in [6.07, 6.45) is 0.192. The summed E-state index contributed by atoms with van der Waals surface area (Å²) in [5.41, 5.74) is 0.796. The molecular formula is C14H18ClNO5. The molecule has 21 heavy (non-hydrogen) atoms. The van der Waals surface area contributed by atoms with Crippen LogP contribution in [-0.2, 0) is 14.3 Å². The quantitative estimate of drug-likeness (QED) is 0.761. The molecule has 1 aromatic carbocycles. The van der Waals surface area contributed by atoms with E-state index in [0.29, 0.717) is 10.8 Å². The number of halogens is 1. The van der Waals surface area contributed by atoms with Gasteiger partial charge in [-0.1, -0.05) is 11.6 Å². The van der Waals surface area contributed by atoms with E-state index in [1.54, 1.807) is 25.1 Å². The van der Waals surface area contributed by atoms with Gasteiger partial charge in [-0.3, -0.25) is 4.79 Å². The number of hydrogen-bond donors (Lipinski definition) is 2. The maximum absolute atomic E-state index is 11.7. The first-order valence-corrected chi connectivity index (χ1v) is 6.72. The summed E-state index contributed by atoms with van der Waals surface area (Å²) in [6, 6.07) is 4.03. The molecule has 0 fully saturated rings. The molecule has 0 bridgehead atoms. The van der Waals surface area contributed by atoms with E-state index in [2.05, 4.69) is 5.32 Å². The molecule has 0 aromatic heterocycles. The third kappa shape index (κ3) is 6.01. The van der Waals surface area contributed by atoms with Gasteiger partial charge in [-0.15, -0.1) is 0 Å². The number of ether oxygens (including phenoxy) is 2. The highest BCUT2D eigenvalue weighted by Gasteiger charge is 2.19. The van der Waals surface area contributed by atoms with Crippen LogP contribution in [-0.4, -0.2) is 43.3 Å². The molecule has 0 aliphatic rings. The summed E-state index contributed by atoms with van der Waals surface area (Å²) in [6.45, 7) is 1.78. The minimum atomic E-state index is -1.11. The van der Waals surface area contributed by atoms with Crippen LogP contribution in [0.15, 0.2) is 18.2 Å². The van der Waals surface area contributed by atoms with Gasteiger partial charge in [-0.2, -0.15) is 0 Å². The number of methoxy groups -OCH3 is 1. The Bertz CT molecular complexity index is 506. The van der Waals surface area contributed by atoms with Gasteiger partial charge in [0.2, 0.25) is 0 Å². The molecule has 7 heteroatoms. The van der Waals surface area contributed by atoms with Gasteiger partial charge in [0.1, 0.15) is 11.8 Å². The fourth-order valence-corrected chi connectivity index (χ4v) is 1.87. The molecular weight excluding hydrogens is 298 g/mol. The fourth-order valence-electron chi connectivity index (χ4n) is 1.65. The summed E-state index contributed by atoms with van der Waals surface area (Å²) in [5, 5.41) is 11.9. The van der Waals surface area contributed by atoms with Crippen LogP contribution in [0.5, 0.6) is 5.75 Å². The molecule has 0 radical (unpaired) electrons. The van der Waals surface area contributed by atoms with Crippen molar-refractivity contribution in [2.75, 3.05) is 20.3 Å². The maximum atomic E-state index is 11.7. The average Bonchev–Trinajstić information content (AvgIpc) is 2.42. The first-order chi connectivity index (χ1) is 9.93.